The van der Waals surface area contributed by atoms with Gasteiger partial charge in [-0.1, -0.05) is 12.1 Å². The van der Waals surface area contributed by atoms with Gasteiger partial charge in [-0.05, 0) is 12.1 Å². The van der Waals surface area contributed by atoms with Crippen LogP contribution in [-0.2, 0) is 17.8 Å². The summed E-state index contributed by atoms with van der Waals surface area (Å²) in [4.78, 5) is 21.4. The van der Waals surface area contributed by atoms with Gasteiger partial charge in [0.1, 0.15) is 6.07 Å². The van der Waals surface area contributed by atoms with Crippen molar-refractivity contribution in [3.63, 3.8) is 0 Å². The van der Waals surface area contributed by atoms with Gasteiger partial charge in [0, 0.05) is 20.0 Å². The molecule has 0 radical (unpaired) electrons. The highest BCUT2D eigenvalue weighted by atomic mass is 16.2. The van der Waals surface area contributed by atoms with E-state index in [1.54, 1.807) is 31.6 Å². The zero-order chi connectivity index (χ0) is 14.8. The molecule has 1 aliphatic rings. The number of likely N-dealkylation sites (N-methyl/N-ethyl adjacent to an activating group) is 1. The minimum atomic E-state index is -0.322. The molecule has 6 nitrogen and oxygen atoms in total. The third kappa shape index (κ3) is 2.39. The average Bonchev–Trinajstić information content (AvgIpc) is 3.00. The van der Waals surface area contributed by atoms with Crippen molar-refractivity contribution in [2.45, 2.75) is 19.0 Å². The lowest BCUT2D eigenvalue weighted by Gasteiger charge is -2.27. The first-order valence-corrected chi connectivity index (χ1v) is 6.72. The lowest BCUT2D eigenvalue weighted by Crippen LogP contribution is -2.48. The summed E-state index contributed by atoms with van der Waals surface area (Å²) in [6.07, 6.45) is 2.20. The van der Waals surface area contributed by atoms with Crippen molar-refractivity contribution in [1.82, 2.24) is 15.3 Å². The molecule has 1 atom stereocenters. The molecule has 1 aliphatic heterocycles. The van der Waals surface area contributed by atoms with Gasteiger partial charge in [-0.3, -0.25) is 10.1 Å². The van der Waals surface area contributed by atoms with Crippen LogP contribution in [0.3, 0.4) is 0 Å². The first-order chi connectivity index (χ1) is 10.2. The van der Waals surface area contributed by atoms with Crippen LogP contribution in [0.25, 0.3) is 0 Å². The maximum atomic E-state index is 12.6. The molecule has 0 bridgehead atoms. The highest BCUT2D eigenvalue weighted by molar-refractivity contribution is 5.98. The molecule has 1 unspecified atom stereocenters. The molecular weight excluding hydrogens is 266 g/mol. The standard InChI is InChI=1S/C15H15N5O/c1-20(14-5-3-2-4-10(14)7-16)15(21)12-6-11-13(8-17-12)19-9-18-11/h2-5,9,12,17H,6,8H2,1H3,(H,18,19). The maximum absolute atomic E-state index is 12.6. The van der Waals surface area contributed by atoms with Crippen LogP contribution >= 0.6 is 0 Å². The summed E-state index contributed by atoms with van der Waals surface area (Å²) in [7, 11) is 1.69. The Hall–Kier alpha value is -2.65. The number of hydrogen-bond acceptors (Lipinski definition) is 4. The Morgan fingerprint density at radius 2 is 2.29 bits per heavy atom. The number of carbonyl (C=O) groups excluding carboxylic acids is 1. The highest BCUT2D eigenvalue weighted by Crippen LogP contribution is 2.21. The summed E-state index contributed by atoms with van der Waals surface area (Å²) in [5.74, 6) is -0.0636. The van der Waals surface area contributed by atoms with E-state index in [0.717, 1.165) is 11.4 Å². The molecule has 2 N–H and O–H groups in total. The van der Waals surface area contributed by atoms with E-state index < -0.39 is 0 Å². The molecule has 106 valence electrons. The van der Waals surface area contributed by atoms with Crippen molar-refractivity contribution < 1.29 is 4.79 Å². The van der Waals surface area contributed by atoms with E-state index in [-0.39, 0.29) is 11.9 Å². The Balaban J connectivity index is 1.81. The van der Waals surface area contributed by atoms with Crippen LogP contribution < -0.4 is 10.2 Å². The van der Waals surface area contributed by atoms with Crippen LogP contribution in [0.1, 0.15) is 17.0 Å². The molecule has 1 amide bonds. The predicted octanol–water partition coefficient (Wildman–Crippen LogP) is 0.959. The fourth-order valence-corrected chi connectivity index (χ4v) is 2.56. The number of H-pyrrole nitrogens is 1. The monoisotopic (exact) mass is 281 g/mol. The summed E-state index contributed by atoms with van der Waals surface area (Å²) >= 11 is 0. The zero-order valence-corrected chi connectivity index (χ0v) is 11.6. The smallest absolute Gasteiger partial charge is 0.244 e. The number of para-hydroxylation sites is 1. The second kappa shape index (κ2) is 5.38. The Kier molecular flexibility index (Phi) is 3.42. The van der Waals surface area contributed by atoms with E-state index in [1.165, 1.54) is 4.90 Å². The van der Waals surface area contributed by atoms with Crippen LogP contribution in [0.2, 0.25) is 0 Å². The fraction of sp³-hybridized carbons (Fsp3) is 0.267. The first-order valence-electron chi connectivity index (χ1n) is 6.72. The average molecular weight is 281 g/mol. The number of fused-ring (bicyclic) bond motifs is 1. The van der Waals surface area contributed by atoms with Gasteiger partial charge in [-0.2, -0.15) is 5.26 Å². The van der Waals surface area contributed by atoms with Gasteiger partial charge in [-0.25, -0.2) is 4.98 Å². The summed E-state index contributed by atoms with van der Waals surface area (Å²) in [5, 5.41) is 12.3. The SMILES string of the molecule is CN(C(=O)C1Cc2nc[nH]c2CN1)c1ccccc1C#N. The van der Waals surface area contributed by atoms with Crippen molar-refractivity contribution in [2.24, 2.45) is 0 Å². The molecule has 6 heteroatoms. The number of imidazole rings is 1. The number of benzene rings is 1. The lowest BCUT2D eigenvalue weighted by atomic mass is 10.0. The number of anilines is 1. The van der Waals surface area contributed by atoms with E-state index in [2.05, 4.69) is 21.4 Å². The van der Waals surface area contributed by atoms with E-state index in [1.807, 2.05) is 6.07 Å². The van der Waals surface area contributed by atoms with Crippen LogP contribution in [0, 0.1) is 11.3 Å². The van der Waals surface area contributed by atoms with Crippen molar-refractivity contribution in [1.29, 1.82) is 5.26 Å². The van der Waals surface area contributed by atoms with Gasteiger partial charge < -0.3 is 9.88 Å². The summed E-state index contributed by atoms with van der Waals surface area (Å²) in [5.41, 5.74) is 3.07. The third-order valence-electron chi connectivity index (χ3n) is 3.74. The van der Waals surface area contributed by atoms with E-state index in [4.69, 9.17) is 5.26 Å². The molecule has 1 aromatic heterocycles. The lowest BCUT2D eigenvalue weighted by molar-refractivity contribution is -0.120. The second-order valence-electron chi connectivity index (χ2n) is 4.99. The number of aromatic amines is 1. The second-order valence-corrected chi connectivity index (χ2v) is 4.99. The van der Waals surface area contributed by atoms with Gasteiger partial charge in [0.25, 0.3) is 0 Å². The predicted molar refractivity (Wildman–Crippen MR) is 77.5 cm³/mol. The molecule has 1 aromatic carbocycles. The van der Waals surface area contributed by atoms with Gasteiger partial charge in [0.2, 0.25) is 5.91 Å². The number of carbonyl (C=O) groups is 1. The van der Waals surface area contributed by atoms with E-state index >= 15 is 0 Å². The van der Waals surface area contributed by atoms with Gasteiger partial charge in [0.05, 0.1) is 35.0 Å². The molecule has 0 saturated heterocycles. The van der Waals surface area contributed by atoms with Gasteiger partial charge in [-0.15, -0.1) is 0 Å². The molecule has 0 spiro atoms. The molecule has 2 aromatic rings. The number of hydrogen-bond donors (Lipinski definition) is 2. The number of nitrogens with one attached hydrogen (secondary N) is 2. The Bertz CT molecular complexity index is 715. The van der Waals surface area contributed by atoms with Crippen LogP contribution in [0.4, 0.5) is 5.69 Å². The van der Waals surface area contributed by atoms with Crippen molar-refractivity contribution in [3.05, 3.63) is 47.5 Å². The molecule has 0 aliphatic carbocycles. The van der Waals surface area contributed by atoms with Crippen LogP contribution in [-0.4, -0.2) is 29.0 Å². The fourth-order valence-electron chi connectivity index (χ4n) is 2.56. The van der Waals surface area contributed by atoms with Crippen molar-refractivity contribution >= 4 is 11.6 Å². The third-order valence-corrected chi connectivity index (χ3v) is 3.74. The Morgan fingerprint density at radius 1 is 1.48 bits per heavy atom. The van der Waals surface area contributed by atoms with E-state index in [9.17, 15) is 4.79 Å². The topological polar surface area (TPSA) is 84.8 Å². The summed E-state index contributed by atoms with van der Waals surface area (Å²) in [6, 6.07) is 8.88. The van der Waals surface area contributed by atoms with E-state index in [0.29, 0.717) is 24.2 Å². The minimum Gasteiger partial charge on any atom is -0.347 e. The van der Waals surface area contributed by atoms with Crippen LogP contribution in [0.15, 0.2) is 30.6 Å². The largest absolute Gasteiger partial charge is 0.347 e. The number of aromatic nitrogens is 2. The molecule has 0 fully saturated rings. The maximum Gasteiger partial charge on any atom is 0.244 e. The number of nitriles is 1. The normalized spacial score (nSPS) is 16.9. The molecule has 21 heavy (non-hydrogen) atoms. The minimum absolute atomic E-state index is 0.0636. The van der Waals surface area contributed by atoms with Gasteiger partial charge >= 0.3 is 0 Å². The quantitative estimate of drug-likeness (QED) is 0.858. The summed E-state index contributed by atoms with van der Waals surface area (Å²) < 4.78 is 0. The number of rotatable bonds is 2. The molecule has 3 rings (SSSR count). The molecular formula is C15H15N5O. The highest BCUT2D eigenvalue weighted by Gasteiger charge is 2.29. The summed E-state index contributed by atoms with van der Waals surface area (Å²) in [6.45, 7) is 0.597. The van der Waals surface area contributed by atoms with Crippen molar-refractivity contribution in [3.8, 4) is 6.07 Å². The Labute approximate surface area is 122 Å². The number of amides is 1. The Morgan fingerprint density at radius 3 is 3.10 bits per heavy atom. The number of nitrogens with zero attached hydrogens (tertiary/aromatic N) is 3. The zero-order valence-electron chi connectivity index (χ0n) is 11.6. The molecule has 0 saturated carbocycles. The van der Waals surface area contributed by atoms with Crippen LogP contribution in [0.5, 0.6) is 0 Å². The first kappa shape index (κ1) is 13.3. The van der Waals surface area contributed by atoms with Crippen molar-refractivity contribution in [2.75, 3.05) is 11.9 Å². The van der Waals surface area contributed by atoms with Gasteiger partial charge in [0.15, 0.2) is 0 Å². The molecule has 2 heterocycles.